The summed E-state index contributed by atoms with van der Waals surface area (Å²) in [6.45, 7) is 12.8. The molecule has 26 heavy (non-hydrogen) atoms. The molecule has 0 amide bonds. The highest BCUT2D eigenvalue weighted by atomic mass is 16.6. The average Bonchev–Trinajstić information content (AvgIpc) is 2.76. The van der Waals surface area contributed by atoms with Crippen LogP contribution < -0.4 is 0 Å². The van der Waals surface area contributed by atoms with Crippen LogP contribution in [0.4, 0.5) is 0 Å². The minimum absolute atomic E-state index is 0.0967. The standard InChI is InChI=1S/C20H22O6/c1-6-10(2)18(22)24-13-9-20(5)14(21)8-7-11(3)16(26-20)17-15(13)12(4)19(23)25-17/h6-8,13,15-17H,3-4,9H2,1-2,5H3/b10-6-/t13-,15-,16+,17+,20+/m1/s1. The fraction of sp³-hybridized carbons (Fsp3) is 0.450. The van der Waals surface area contributed by atoms with Crippen LogP contribution in [-0.2, 0) is 28.6 Å². The Morgan fingerprint density at radius 3 is 2.69 bits per heavy atom. The topological polar surface area (TPSA) is 78.9 Å². The van der Waals surface area contributed by atoms with Crippen LogP contribution in [0.25, 0.3) is 0 Å². The monoisotopic (exact) mass is 358 g/mol. The average molecular weight is 358 g/mol. The zero-order valence-electron chi connectivity index (χ0n) is 15.1. The van der Waals surface area contributed by atoms with Gasteiger partial charge in [0.25, 0.3) is 0 Å². The van der Waals surface area contributed by atoms with Crippen molar-refractivity contribution >= 4 is 17.7 Å². The second-order valence-electron chi connectivity index (χ2n) is 7.08. The molecule has 0 saturated carbocycles. The van der Waals surface area contributed by atoms with Crippen molar-refractivity contribution in [1.29, 1.82) is 0 Å². The second-order valence-corrected chi connectivity index (χ2v) is 7.08. The fourth-order valence-corrected chi connectivity index (χ4v) is 3.56. The third-order valence-electron chi connectivity index (χ3n) is 5.29. The Labute approximate surface area is 152 Å². The van der Waals surface area contributed by atoms with Crippen LogP contribution in [0.5, 0.6) is 0 Å². The summed E-state index contributed by atoms with van der Waals surface area (Å²) in [4.78, 5) is 37.1. The first-order chi connectivity index (χ1) is 12.2. The molecule has 3 heterocycles. The summed E-state index contributed by atoms with van der Waals surface area (Å²) in [5.74, 6) is -1.91. The molecule has 2 fully saturated rings. The van der Waals surface area contributed by atoms with Crippen molar-refractivity contribution in [2.24, 2.45) is 5.92 Å². The van der Waals surface area contributed by atoms with Crippen molar-refractivity contribution in [2.45, 2.75) is 51.1 Å². The largest absolute Gasteiger partial charge is 0.458 e. The van der Waals surface area contributed by atoms with Crippen LogP contribution in [-0.4, -0.2) is 41.6 Å². The number of carbonyl (C=O) groups is 3. The van der Waals surface area contributed by atoms with Gasteiger partial charge in [0.1, 0.15) is 23.9 Å². The summed E-state index contributed by atoms with van der Waals surface area (Å²) >= 11 is 0. The summed E-state index contributed by atoms with van der Waals surface area (Å²) in [7, 11) is 0. The van der Waals surface area contributed by atoms with Gasteiger partial charge in [0.15, 0.2) is 5.78 Å². The van der Waals surface area contributed by atoms with Gasteiger partial charge in [-0.15, -0.1) is 0 Å². The summed E-state index contributed by atoms with van der Waals surface area (Å²) < 4.78 is 17.2. The van der Waals surface area contributed by atoms with Crippen molar-refractivity contribution in [2.75, 3.05) is 0 Å². The Kier molecular flexibility index (Phi) is 4.48. The maximum atomic E-state index is 12.6. The first-order valence-corrected chi connectivity index (χ1v) is 8.50. The second kappa shape index (κ2) is 6.36. The molecule has 6 nitrogen and oxygen atoms in total. The van der Waals surface area contributed by atoms with E-state index in [4.69, 9.17) is 14.2 Å². The smallest absolute Gasteiger partial charge is 0.334 e. The zero-order valence-corrected chi connectivity index (χ0v) is 15.1. The lowest BCUT2D eigenvalue weighted by Gasteiger charge is -2.30. The van der Waals surface area contributed by atoms with Crippen LogP contribution in [0.15, 0.2) is 48.1 Å². The SMILES string of the molecule is C=C1C(=O)O[C@H]2[C@H]1[C@H](OC(=O)/C(C)=C\C)C[C@]1(C)O[C@H]2C(=C)C=CC1=O. The molecule has 0 aromatic carbocycles. The number of ketones is 1. The highest BCUT2D eigenvalue weighted by Gasteiger charge is 2.57. The van der Waals surface area contributed by atoms with Crippen molar-refractivity contribution in [3.8, 4) is 0 Å². The predicted octanol–water partition coefficient (Wildman–Crippen LogP) is 2.20. The molecule has 3 rings (SSSR count). The van der Waals surface area contributed by atoms with E-state index in [2.05, 4.69) is 13.2 Å². The Morgan fingerprint density at radius 2 is 2.04 bits per heavy atom. The molecule has 0 aromatic heterocycles. The molecule has 0 radical (unpaired) electrons. The van der Waals surface area contributed by atoms with E-state index < -0.39 is 41.8 Å². The van der Waals surface area contributed by atoms with Gasteiger partial charge < -0.3 is 14.2 Å². The highest BCUT2D eigenvalue weighted by molar-refractivity contribution is 5.98. The van der Waals surface area contributed by atoms with Crippen LogP contribution in [0, 0.1) is 5.92 Å². The molecule has 0 unspecified atom stereocenters. The van der Waals surface area contributed by atoms with Gasteiger partial charge in [-0.05, 0) is 32.4 Å². The van der Waals surface area contributed by atoms with Gasteiger partial charge in [-0.25, -0.2) is 9.59 Å². The number of carbonyl (C=O) groups excluding carboxylic acids is 3. The van der Waals surface area contributed by atoms with Gasteiger partial charge in [-0.2, -0.15) is 0 Å². The lowest BCUT2D eigenvalue weighted by molar-refractivity contribution is -0.158. The minimum Gasteiger partial charge on any atom is -0.458 e. The molecule has 0 spiro atoms. The van der Waals surface area contributed by atoms with E-state index in [0.29, 0.717) is 11.1 Å². The maximum Gasteiger partial charge on any atom is 0.334 e. The summed E-state index contributed by atoms with van der Waals surface area (Å²) in [6.07, 6.45) is 2.49. The van der Waals surface area contributed by atoms with Crippen LogP contribution in [0.2, 0.25) is 0 Å². The Balaban J connectivity index is 2.06. The van der Waals surface area contributed by atoms with Gasteiger partial charge in [0, 0.05) is 17.6 Å². The van der Waals surface area contributed by atoms with E-state index in [1.807, 2.05) is 0 Å². The normalized spacial score (nSPS) is 37.0. The molecule has 6 heteroatoms. The predicted molar refractivity (Wildman–Crippen MR) is 93.0 cm³/mol. The van der Waals surface area contributed by atoms with Gasteiger partial charge in [-0.1, -0.05) is 25.3 Å². The van der Waals surface area contributed by atoms with Crippen LogP contribution in [0.3, 0.4) is 0 Å². The maximum absolute atomic E-state index is 12.6. The van der Waals surface area contributed by atoms with Crippen LogP contribution >= 0.6 is 0 Å². The number of allylic oxidation sites excluding steroid dienone is 1. The van der Waals surface area contributed by atoms with Crippen molar-refractivity contribution in [3.05, 3.63) is 48.1 Å². The number of hydrogen-bond acceptors (Lipinski definition) is 6. The molecule has 2 bridgehead atoms. The molecule has 0 aliphatic carbocycles. The van der Waals surface area contributed by atoms with E-state index in [-0.39, 0.29) is 17.8 Å². The lowest BCUT2D eigenvalue weighted by atomic mass is 9.82. The molecule has 0 N–H and O–H groups in total. The van der Waals surface area contributed by atoms with E-state index in [9.17, 15) is 14.4 Å². The molecule has 3 aliphatic rings. The van der Waals surface area contributed by atoms with Gasteiger partial charge in [0.2, 0.25) is 0 Å². The lowest BCUT2D eigenvalue weighted by Crippen LogP contribution is -2.42. The van der Waals surface area contributed by atoms with Crippen molar-refractivity contribution in [3.63, 3.8) is 0 Å². The first kappa shape index (κ1) is 18.3. The molecule has 138 valence electrons. The van der Waals surface area contributed by atoms with Gasteiger partial charge >= 0.3 is 11.9 Å². The quantitative estimate of drug-likeness (QED) is 0.556. The van der Waals surface area contributed by atoms with E-state index >= 15 is 0 Å². The number of fused-ring (bicyclic) bond motifs is 4. The molecule has 3 aliphatic heterocycles. The summed E-state index contributed by atoms with van der Waals surface area (Å²) in [5, 5.41) is 0. The molecular formula is C20H22O6. The number of rotatable bonds is 2. The number of esters is 2. The third kappa shape index (κ3) is 2.84. The molecule has 2 saturated heterocycles. The number of ether oxygens (including phenoxy) is 3. The van der Waals surface area contributed by atoms with Crippen LogP contribution in [0.1, 0.15) is 27.2 Å². The molecular weight excluding hydrogens is 336 g/mol. The Morgan fingerprint density at radius 1 is 1.35 bits per heavy atom. The third-order valence-corrected chi connectivity index (χ3v) is 5.29. The van der Waals surface area contributed by atoms with Crippen molar-refractivity contribution < 1.29 is 28.6 Å². The highest BCUT2D eigenvalue weighted by Crippen LogP contribution is 2.45. The molecule has 0 aromatic rings. The fourth-order valence-electron chi connectivity index (χ4n) is 3.56. The zero-order chi connectivity index (χ0) is 19.2. The first-order valence-electron chi connectivity index (χ1n) is 8.50. The molecule has 5 atom stereocenters. The summed E-state index contributed by atoms with van der Waals surface area (Å²) in [5.41, 5.74) is -0.0415. The minimum atomic E-state index is -1.22. The summed E-state index contributed by atoms with van der Waals surface area (Å²) in [6, 6.07) is 0. The Hall–Kier alpha value is -2.47. The van der Waals surface area contributed by atoms with Gasteiger partial charge in [0.05, 0.1) is 5.92 Å². The van der Waals surface area contributed by atoms with Crippen molar-refractivity contribution in [1.82, 2.24) is 0 Å². The number of hydrogen-bond donors (Lipinski definition) is 0. The van der Waals surface area contributed by atoms with Gasteiger partial charge in [-0.3, -0.25) is 4.79 Å². The van der Waals surface area contributed by atoms with E-state index in [1.54, 1.807) is 32.9 Å². The van der Waals surface area contributed by atoms with E-state index in [0.717, 1.165) is 0 Å². The Bertz CT molecular complexity index is 773. The van der Waals surface area contributed by atoms with E-state index in [1.165, 1.54) is 6.08 Å².